The largest absolute Gasteiger partial charge is 0.346 e. The highest BCUT2D eigenvalue weighted by molar-refractivity contribution is 7.71. The summed E-state index contributed by atoms with van der Waals surface area (Å²) in [6.07, 6.45) is 2.46. The summed E-state index contributed by atoms with van der Waals surface area (Å²) in [7, 11) is 0. The lowest BCUT2D eigenvalue weighted by atomic mass is 10.1. The molecule has 0 radical (unpaired) electrons. The molecular weight excluding hydrogens is 192 g/mol. The minimum Gasteiger partial charge on any atom is -0.346 e. The highest BCUT2D eigenvalue weighted by Crippen LogP contribution is 2.45. The van der Waals surface area contributed by atoms with Crippen molar-refractivity contribution in [2.24, 2.45) is 0 Å². The van der Waals surface area contributed by atoms with E-state index in [-0.39, 0.29) is 5.41 Å². The van der Waals surface area contributed by atoms with Crippen LogP contribution in [0.5, 0.6) is 0 Å². The van der Waals surface area contributed by atoms with Gasteiger partial charge >= 0.3 is 0 Å². The van der Waals surface area contributed by atoms with E-state index in [4.69, 9.17) is 12.2 Å². The van der Waals surface area contributed by atoms with E-state index in [1.165, 1.54) is 18.5 Å². The van der Waals surface area contributed by atoms with Gasteiger partial charge in [-0.3, -0.25) is 0 Å². The summed E-state index contributed by atoms with van der Waals surface area (Å²) in [6, 6.07) is 1.97. The number of aromatic amines is 1. The molecule has 3 heteroatoms. The molecule has 1 heterocycles. The van der Waals surface area contributed by atoms with Gasteiger partial charge in [0.15, 0.2) is 0 Å². The Hall–Kier alpha value is -0.700. The molecule has 1 aliphatic rings. The van der Waals surface area contributed by atoms with Crippen LogP contribution in [0.3, 0.4) is 0 Å². The Balaban J connectivity index is 2.47. The number of aromatic nitrogens is 2. The van der Waals surface area contributed by atoms with Gasteiger partial charge in [0.25, 0.3) is 0 Å². The van der Waals surface area contributed by atoms with Gasteiger partial charge in [-0.25, -0.2) is 4.98 Å². The number of nitrogens with one attached hydrogen (secondary N) is 1. The zero-order chi connectivity index (χ0) is 10.3. The Morgan fingerprint density at radius 2 is 2.14 bits per heavy atom. The highest BCUT2D eigenvalue weighted by atomic mass is 32.1. The van der Waals surface area contributed by atoms with Crippen molar-refractivity contribution in [2.45, 2.75) is 44.9 Å². The van der Waals surface area contributed by atoms with Gasteiger partial charge < -0.3 is 4.98 Å². The van der Waals surface area contributed by atoms with Crippen molar-refractivity contribution in [3.8, 4) is 0 Å². The fraction of sp³-hybridized carbons (Fsp3) is 0.636. The third kappa shape index (κ3) is 1.73. The Labute approximate surface area is 89.8 Å². The van der Waals surface area contributed by atoms with Crippen LogP contribution in [0.4, 0.5) is 0 Å². The van der Waals surface area contributed by atoms with Crippen molar-refractivity contribution in [1.82, 2.24) is 9.97 Å². The van der Waals surface area contributed by atoms with E-state index in [0.717, 1.165) is 10.5 Å². The quantitative estimate of drug-likeness (QED) is 0.755. The lowest BCUT2D eigenvalue weighted by Gasteiger charge is -2.12. The van der Waals surface area contributed by atoms with Crippen LogP contribution in [0.15, 0.2) is 6.07 Å². The Bertz CT molecular complexity index is 402. The fourth-order valence-corrected chi connectivity index (χ4v) is 1.72. The van der Waals surface area contributed by atoms with Crippen molar-refractivity contribution < 1.29 is 0 Å². The maximum Gasteiger partial charge on any atom is 0.130 e. The smallest absolute Gasteiger partial charge is 0.130 e. The predicted molar refractivity (Wildman–Crippen MR) is 60.1 cm³/mol. The molecule has 1 N–H and O–H groups in total. The SMILES string of the molecule is CC(C)c1cc(=S)nc(C2(C)CC2)[nH]1. The second kappa shape index (κ2) is 3.16. The molecule has 0 atom stereocenters. The van der Waals surface area contributed by atoms with Crippen molar-refractivity contribution in [1.29, 1.82) is 0 Å². The fourth-order valence-electron chi connectivity index (χ4n) is 1.50. The third-order valence-electron chi connectivity index (χ3n) is 2.96. The average Bonchev–Trinajstić information content (AvgIpc) is 2.84. The summed E-state index contributed by atoms with van der Waals surface area (Å²) < 4.78 is 0.718. The molecule has 2 rings (SSSR count). The van der Waals surface area contributed by atoms with Crippen LogP contribution in [0.25, 0.3) is 0 Å². The van der Waals surface area contributed by atoms with E-state index in [0.29, 0.717) is 5.92 Å². The predicted octanol–water partition coefficient (Wildman–Crippen LogP) is 3.31. The van der Waals surface area contributed by atoms with E-state index in [9.17, 15) is 0 Å². The topological polar surface area (TPSA) is 28.7 Å². The summed E-state index contributed by atoms with van der Waals surface area (Å²) in [4.78, 5) is 7.82. The zero-order valence-electron chi connectivity index (χ0n) is 8.92. The normalized spacial score (nSPS) is 18.6. The lowest BCUT2D eigenvalue weighted by Crippen LogP contribution is -2.09. The maximum atomic E-state index is 5.17. The van der Waals surface area contributed by atoms with Crippen molar-refractivity contribution in [3.63, 3.8) is 0 Å². The Morgan fingerprint density at radius 3 is 2.64 bits per heavy atom. The summed E-state index contributed by atoms with van der Waals surface area (Å²) >= 11 is 5.17. The third-order valence-corrected chi connectivity index (χ3v) is 3.17. The summed E-state index contributed by atoms with van der Waals surface area (Å²) in [6.45, 7) is 6.57. The van der Waals surface area contributed by atoms with Gasteiger partial charge in [0.05, 0.1) is 0 Å². The minimum atomic E-state index is 0.276. The minimum absolute atomic E-state index is 0.276. The first-order valence-electron chi connectivity index (χ1n) is 5.13. The molecule has 0 aromatic carbocycles. The highest BCUT2D eigenvalue weighted by Gasteiger charge is 2.41. The number of hydrogen-bond acceptors (Lipinski definition) is 2. The lowest BCUT2D eigenvalue weighted by molar-refractivity contribution is 0.680. The molecule has 1 aromatic rings. The number of nitrogens with zero attached hydrogens (tertiary/aromatic N) is 1. The molecule has 0 saturated heterocycles. The number of hydrogen-bond donors (Lipinski definition) is 1. The van der Waals surface area contributed by atoms with Crippen molar-refractivity contribution >= 4 is 12.2 Å². The van der Waals surface area contributed by atoms with Gasteiger partial charge in [0, 0.05) is 11.1 Å². The number of rotatable bonds is 2. The van der Waals surface area contributed by atoms with Crippen molar-refractivity contribution in [2.75, 3.05) is 0 Å². The molecule has 1 saturated carbocycles. The molecule has 76 valence electrons. The molecule has 1 aromatic heterocycles. The number of H-pyrrole nitrogens is 1. The van der Waals surface area contributed by atoms with Gasteiger partial charge in [0.2, 0.25) is 0 Å². The summed E-state index contributed by atoms with van der Waals surface area (Å²) in [5, 5.41) is 0. The van der Waals surface area contributed by atoms with E-state index in [1.54, 1.807) is 0 Å². The molecule has 2 nitrogen and oxygen atoms in total. The van der Waals surface area contributed by atoms with Gasteiger partial charge in [-0.05, 0) is 24.8 Å². The maximum absolute atomic E-state index is 5.17. The van der Waals surface area contributed by atoms with Crippen LogP contribution >= 0.6 is 12.2 Å². The molecule has 14 heavy (non-hydrogen) atoms. The van der Waals surface area contributed by atoms with Crippen LogP contribution < -0.4 is 0 Å². The van der Waals surface area contributed by atoms with Crippen LogP contribution in [0.1, 0.15) is 51.0 Å². The first kappa shape index (κ1) is 9.84. The van der Waals surface area contributed by atoms with E-state index < -0.39 is 0 Å². The first-order chi connectivity index (χ1) is 6.51. The van der Waals surface area contributed by atoms with Gasteiger partial charge in [-0.15, -0.1) is 0 Å². The monoisotopic (exact) mass is 208 g/mol. The van der Waals surface area contributed by atoms with Crippen molar-refractivity contribution in [3.05, 3.63) is 22.2 Å². The standard InChI is InChI=1S/C11H16N2S/c1-7(2)8-6-9(14)13-10(12-8)11(3)4-5-11/h6-7H,4-5H2,1-3H3,(H,12,13,14). The molecule has 0 spiro atoms. The van der Waals surface area contributed by atoms with Gasteiger partial charge in [0.1, 0.15) is 10.5 Å². The molecule has 0 aliphatic heterocycles. The van der Waals surface area contributed by atoms with Gasteiger partial charge in [-0.1, -0.05) is 33.0 Å². The molecule has 1 fully saturated rings. The van der Waals surface area contributed by atoms with E-state index >= 15 is 0 Å². The molecule has 1 aliphatic carbocycles. The Morgan fingerprint density at radius 1 is 1.50 bits per heavy atom. The van der Waals surface area contributed by atoms with Crippen LogP contribution in [0, 0.1) is 4.64 Å². The summed E-state index contributed by atoms with van der Waals surface area (Å²) in [5.41, 5.74) is 1.48. The van der Waals surface area contributed by atoms with Crippen LogP contribution in [0.2, 0.25) is 0 Å². The van der Waals surface area contributed by atoms with Crippen LogP contribution in [-0.4, -0.2) is 9.97 Å². The second-order valence-electron chi connectivity index (χ2n) is 4.74. The first-order valence-corrected chi connectivity index (χ1v) is 5.54. The van der Waals surface area contributed by atoms with E-state index in [2.05, 4.69) is 30.7 Å². The molecule has 0 unspecified atom stereocenters. The molecular formula is C11H16N2S. The summed E-state index contributed by atoms with van der Waals surface area (Å²) in [5.74, 6) is 1.56. The Kier molecular flexibility index (Phi) is 2.22. The zero-order valence-corrected chi connectivity index (χ0v) is 9.74. The molecule has 0 amide bonds. The second-order valence-corrected chi connectivity index (χ2v) is 5.16. The van der Waals surface area contributed by atoms with Crippen LogP contribution in [-0.2, 0) is 5.41 Å². The average molecular weight is 208 g/mol. The van der Waals surface area contributed by atoms with Gasteiger partial charge in [-0.2, -0.15) is 0 Å². The molecule has 0 bridgehead atoms. The van der Waals surface area contributed by atoms with E-state index in [1.807, 2.05) is 6.07 Å².